The predicted octanol–water partition coefficient (Wildman–Crippen LogP) is 1.86. The minimum absolute atomic E-state index is 0.905. The number of hydrogen-bond acceptors (Lipinski definition) is 3. The zero-order valence-corrected chi connectivity index (χ0v) is 7.67. The van der Waals surface area contributed by atoms with Crippen LogP contribution in [0.4, 0.5) is 5.82 Å². The highest BCUT2D eigenvalue weighted by atomic mass is 15.0. The zero-order chi connectivity index (χ0) is 8.81. The average molecular weight is 165 g/mol. The maximum atomic E-state index is 4.33. The molecular formula is C9H15N3. The molecule has 1 aromatic heterocycles. The summed E-state index contributed by atoms with van der Waals surface area (Å²) in [6, 6.07) is 1.89. The van der Waals surface area contributed by atoms with Crippen molar-refractivity contribution in [3.05, 3.63) is 18.1 Å². The van der Waals surface area contributed by atoms with Gasteiger partial charge in [-0.05, 0) is 19.4 Å². The number of rotatable bonds is 4. The molecule has 0 fully saturated rings. The van der Waals surface area contributed by atoms with Crippen molar-refractivity contribution in [2.45, 2.75) is 26.7 Å². The Morgan fingerprint density at radius 3 is 2.92 bits per heavy atom. The van der Waals surface area contributed by atoms with E-state index < -0.39 is 0 Å². The first-order chi connectivity index (χ1) is 5.86. The summed E-state index contributed by atoms with van der Waals surface area (Å²) in [6.45, 7) is 5.09. The molecule has 0 bridgehead atoms. The third-order valence-electron chi connectivity index (χ3n) is 1.54. The van der Waals surface area contributed by atoms with E-state index in [0.717, 1.165) is 31.0 Å². The van der Waals surface area contributed by atoms with Crippen LogP contribution in [0, 0.1) is 0 Å². The third kappa shape index (κ3) is 2.49. The highest BCUT2D eigenvalue weighted by Crippen LogP contribution is 2.02. The second-order valence-corrected chi connectivity index (χ2v) is 2.64. The maximum absolute atomic E-state index is 4.33. The molecule has 1 rings (SSSR count). The molecule has 1 aromatic rings. The summed E-state index contributed by atoms with van der Waals surface area (Å²) in [5.41, 5.74) is 0. The lowest BCUT2D eigenvalue weighted by molar-refractivity contribution is 0.834. The van der Waals surface area contributed by atoms with E-state index in [1.807, 2.05) is 6.07 Å². The van der Waals surface area contributed by atoms with Gasteiger partial charge in [-0.1, -0.05) is 6.92 Å². The highest BCUT2D eigenvalue weighted by Gasteiger charge is 1.95. The SMILES string of the molecule is CCCc1nccc(NCC)n1. The molecule has 12 heavy (non-hydrogen) atoms. The van der Waals surface area contributed by atoms with Crippen LogP contribution in [-0.2, 0) is 6.42 Å². The molecule has 0 radical (unpaired) electrons. The topological polar surface area (TPSA) is 37.8 Å². The van der Waals surface area contributed by atoms with Crippen LogP contribution in [0.3, 0.4) is 0 Å². The van der Waals surface area contributed by atoms with E-state index in [1.165, 1.54) is 0 Å². The molecule has 0 aliphatic rings. The fourth-order valence-electron chi connectivity index (χ4n) is 1.02. The van der Waals surface area contributed by atoms with Gasteiger partial charge in [0.15, 0.2) is 0 Å². The first-order valence-corrected chi connectivity index (χ1v) is 4.42. The van der Waals surface area contributed by atoms with E-state index in [2.05, 4.69) is 29.1 Å². The molecule has 0 atom stereocenters. The van der Waals surface area contributed by atoms with Crippen molar-refractivity contribution in [2.24, 2.45) is 0 Å². The number of nitrogens with one attached hydrogen (secondary N) is 1. The van der Waals surface area contributed by atoms with Crippen molar-refractivity contribution in [3.63, 3.8) is 0 Å². The molecule has 3 nitrogen and oxygen atoms in total. The lowest BCUT2D eigenvalue weighted by Crippen LogP contribution is -2.02. The summed E-state index contributed by atoms with van der Waals surface area (Å²) < 4.78 is 0. The third-order valence-corrected chi connectivity index (χ3v) is 1.54. The van der Waals surface area contributed by atoms with Crippen LogP contribution >= 0.6 is 0 Å². The molecule has 0 saturated heterocycles. The minimum atomic E-state index is 0.905. The molecular weight excluding hydrogens is 150 g/mol. The largest absolute Gasteiger partial charge is 0.370 e. The van der Waals surface area contributed by atoms with Gasteiger partial charge < -0.3 is 5.32 Å². The summed E-state index contributed by atoms with van der Waals surface area (Å²) in [4.78, 5) is 8.49. The quantitative estimate of drug-likeness (QED) is 0.740. The number of hydrogen-bond donors (Lipinski definition) is 1. The first-order valence-electron chi connectivity index (χ1n) is 4.42. The minimum Gasteiger partial charge on any atom is -0.370 e. The van der Waals surface area contributed by atoms with Crippen molar-refractivity contribution >= 4 is 5.82 Å². The second-order valence-electron chi connectivity index (χ2n) is 2.64. The molecule has 0 amide bonds. The summed E-state index contributed by atoms with van der Waals surface area (Å²) in [7, 11) is 0. The van der Waals surface area contributed by atoms with Gasteiger partial charge >= 0.3 is 0 Å². The van der Waals surface area contributed by atoms with Gasteiger partial charge in [0.2, 0.25) is 0 Å². The standard InChI is InChI=1S/C9H15N3/c1-3-5-8-11-7-6-9(12-8)10-4-2/h6-7H,3-5H2,1-2H3,(H,10,11,12). The van der Waals surface area contributed by atoms with Crippen molar-refractivity contribution in [1.82, 2.24) is 9.97 Å². The fraction of sp³-hybridized carbons (Fsp3) is 0.556. The highest BCUT2D eigenvalue weighted by molar-refractivity contribution is 5.32. The van der Waals surface area contributed by atoms with Crippen molar-refractivity contribution in [3.8, 4) is 0 Å². The monoisotopic (exact) mass is 165 g/mol. The first kappa shape index (κ1) is 8.97. The molecule has 3 heteroatoms. The van der Waals surface area contributed by atoms with Gasteiger partial charge in [-0.15, -0.1) is 0 Å². The molecule has 0 aliphatic carbocycles. The molecule has 0 aromatic carbocycles. The molecule has 0 aliphatic heterocycles. The van der Waals surface area contributed by atoms with Crippen LogP contribution in [0.25, 0.3) is 0 Å². The molecule has 1 N–H and O–H groups in total. The number of anilines is 1. The number of nitrogens with zero attached hydrogens (tertiary/aromatic N) is 2. The van der Waals surface area contributed by atoms with Crippen LogP contribution in [0.1, 0.15) is 26.1 Å². The van der Waals surface area contributed by atoms with Gasteiger partial charge in [-0.3, -0.25) is 0 Å². The van der Waals surface area contributed by atoms with Crippen molar-refractivity contribution in [1.29, 1.82) is 0 Å². The molecule has 0 saturated carbocycles. The molecule has 0 spiro atoms. The predicted molar refractivity (Wildman–Crippen MR) is 50.2 cm³/mol. The van der Waals surface area contributed by atoms with Gasteiger partial charge in [-0.25, -0.2) is 9.97 Å². The van der Waals surface area contributed by atoms with E-state index in [-0.39, 0.29) is 0 Å². The van der Waals surface area contributed by atoms with Crippen molar-refractivity contribution < 1.29 is 0 Å². The Morgan fingerprint density at radius 1 is 1.42 bits per heavy atom. The van der Waals surface area contributed by atoms with Crippen LogP contribution in [0.15, 0.2) is 12.3 Å². The summed E-state index contributed by atoms with van der Waals surface area (Å²) in [6.07, 6.45) is 3.85. The Kier molecular flexibility index (Phi) is 3.51. The van der Waals surface area contributed by atoms with E-state index >= 15 is 0 Å². The molecule has 1 heterocycles. The van der Waals surface area contributed by atoms with E-state index in [1.54, 1.807) is 6.20 Å². The van der Waals surface area contributed by atoms with Crippen LogP contribution < -0.4 is 5.32 Å². The van der Waals surface area contributed by atoms with Gasteiger partial charge in [0.05, 0.1) is 0 Å². The van der Waals surface area contributed by atoms with Gasteiger partial charge in [-0.2, -0.15) is 0 Å². The molecule has 0 unspecified atom stereocenters. The van der Waals surface area contributed by atoms with Gasteiger partial charge in [0.1, 0.15) is 11.6 Å². The number of aryl methyl sites for hydroxylation is 1. The van der Waals surface area contributed by atoms with E-state index in [0.29, 0.717) is 0 Å². The summed E-state index contributed by atoms with van der Waals surface area (Å²) >= 11 is 0. The van der Waals surface area contributed by atoms with Crippen LogP contribution in [0.5, 0.6) is 0 Å². The smallest absolute Gasteiger partial charge is 0.130 e. The Bertz CT molecular complexity index is 214. The van der Waals surface area contributed by atoms with Crippen LogP contribution in [0.2, 0.25) is 0 Å². The van der Waals surface area contributed by atoms with Crippen LogP contribution in [-0.4, -0.2) is 16.5 Å². The second kappa shape index (κ2) is 4.70. The lowest BCUT2D eigenvalue weighted by atomic mass is 10.3. The summed E-state index contributed by atoms with van der Waals surface area (Å²) in [5.74, 6) is 1.85. The summed E-state index contributed by atoms with van der Waals surface area (Å²) in [5, 5.41) is 3.16. The number of aromatic nitrogens is 2. The van der Waals surface area contributed by atoms with E-state index in [4.69, 9.17) is 0 Å². The molecule has 66 valence electrons. The Hall–Kier alpha value is -1.12. The van der Waals surface area contributed by atoms with Gasteiger partial charge in [0, 0.05) is 19.2 Å². The van der Waals surface area contributed by atoms with E-state index in [9.17, 15) is 0 Å². The van der Waals surface area contributed by atoms with Crippen molar-refractivity contribution in [2.75, 3.05) is 11.9 Å². The average Bonchev–Trinajstić information content (AvgIpc) is 2.06. The Morgan fingerprint density at radius 2 is 2.25 bits per heavy atom. The lowest BCUT2D eigenvalue weighted by Gasteiger charge is -2.02. The maximum Gasteiger partial charge on any atom is 0.130 e. The van der Waals surface area contributed by atoms with Gasteiger partial charge in [0.25, 0.3) is 0 Å². The fourth-order valence-corrected chi connectivity index (χ4v) is 1.02. The Balaban J connectivity index is 2.67. The normalized spacial score (nSPS) is 9.83. The Labute approximate surface area is 73.2 Å². The zero-order valence-electron chi connectivity index (χ0n) is 7.67.